The van der Waals surface area contributed by atoms with Gasteiger partial charge in [-0.1, -0.05) is 6.07 Å². The van der Waals surface area contributed by atoms with Crippen molar-refractivity contribution < 1.29 is 9.53 Å². The molecule has 3 fully saturated rings. The second-order valence-corrected chi connectivity index (χ2v) is 8.61. The molecule has 134 valence electrons. The van der Waals surface area contributed by atoms with Gasteiger partial charge in [-0.05, 0) is 49.6 Å². The first-order valence-corrected chi connectivity index (χ1v) is 9.37. The number of methoxy groups -OCH3 is 1. The molecule has 5 nitrogen and oxygen atoms in total. The maximum Gasteiger partial charge on any atom is 0.317 e. The molecule has 1 saturated carbocycles. The van der Waals surface area contributed by atoms with Crippen LogP contribution < -0.4 is 10.1 Å². The molecule has 2 aliphatic heterocycles. The summed E-state index contributed by atoms with van der Waals surface area (Å²) in [5, 5.41) is 2.82. The molecule has 1 N–H and O–H groups in total. The number of benzene rings is 1. The van der Waals surface area contributed by atoms with Crippen LogP contribution in [0.15, 0.2) is 18.2 Å². The van der Waals surface area contributed by atoms with Crippen LogP contribution in [-0.2, 0) is 11.8 Å². The van der Waals surface area contributed by atoms with Gasteiger partial charge in [-0.3, -0.25) is 0 Å². The van der Waals surface area contributed by atoms with Crippen LogP contribution >= 0.6 is 0 Å². The number of nitrogens with one attached hydrogen (secondary N) is 1. The molecule has 0 radical (unpaired) electrons. The number of likely N-dealkylation sites (tertiary alicyclic amines) is 2. The summed E-state index contributed by atoms with van der Waals surface area (Å²) in [6.07, 6.45) is 3.53. The van der Waals surface area contributed by atoms with Crippen molar-refractivity contribution in [3.8, 4) is 5.75 Å². The van der Waals surface area contributed by atoms with Crippen LogP contribution in [0, 0.1) is 11.3 Å². The SMILES string of the molecule is CNC(=O)N1CC[C@]23CC4(Cc5ccc(OC)cc52)CN(C)[C@H]4[C@@H]3C1. The quantitative estimate of drug-likeness (QED) is 0.848. The molecule has 2 amide bonds. The van der Waals surface area contributed by atoms with Crippen molar-refractivity contribution in [2.45, 2.75) is 30.7 Å². The zero-order chi connectivity index (χ0) is 17.4. The lowest BCUT2D eigenvalue weighted by atomic mass is 9.61. The fraction of sp³-hybridized carbons (Fsp3) is 0.650. The molecule has 5 heteroatoms. The smallest absolute Gasteiger partial charge is 0.317 e. The van der Waals surface area contributed by atoms with E-state index in [9.17, 15) is 4.79 Å². The van der Waals surface area contributed by atoms with Crippen LogP contribution in [0.25, 0.3) is 0 Å². The van der Waals surface area contributed by atoms with E-state index in [1.165, 1.54) is 30.5 Å². The van der Waals surface area contributed by atoms with E-state index in [0.29, 0.717) is 17.4 Å². The lowest BCUT2D eigenvalue weighted by Crippen LogP contribution is -2.64. The van der Waals surface area contributed by atoms with Gasteiger partial charge in [-0.25, -0.2) is 4.79 Å². The van der Waals surface area contributed by atoms with Crippen LogP contribution in [0.2, 0.25) is 0 Å². The van der Waals surface area contributed by atoms with Crippen molar-refractivity contribution in [2.24, 2.45) is 11.3 Å². The average molecular weight is 341 g/mol. The number of hydrogen-bond donors (Lipinski definition) is 1. The minimum absolute atomic E-state index is 0.0678. The summed E-state index contributed by atoms with van der Waals surface area (Å²) in [5.74, 6) is 1.48. The van der Waals surface area contributed by atoms with Gasteiger partial charge >= 0.3 is 6.03 Å². The van der Waals surface area contributed by atoms with Gasteiger partial charge in [-0.2, -0.15) is 0 Å². The Morgan fingerprint density at radius 2 is 2.24 bits per heavy atom. The van der Waals surface area contributed by atoms with E-state index < -0.39 is 0 Å². The number of urea groups is 1. The molecule has 1 aromatic carbocycles. The predicted molar refractivity (Wildman–Crippen MR) is 96.0 cm³/mol. The zero-order valence-electron chi connectivity index (χ0n) is 15.3. The number of carbonyl (C=O) groups is 1. The van der Waals surface area contributed by atoms with E-state index in [1.54, 1.807) is 14.2 Å². The third-order valence-corrected chi connectivity index (χ3v) is 7.57. The van der Waals surface area contributed by atoms with Gasteiger partial charge in [0, 0.05) is 49.5 Å². The van der Waals surface area contributed by atoms with Crippen molar-refractivity contribution >= 4 is 6.03 Å². The van der Waals surface area contributed by atoms with Crippen LogP contribution in [0.1, 0.15) is 24.0 Å². The van der Waals surface area contributed by atoms with Crippen LogP contribution in [-0.4, -0.2) is 62.7 Å². The standard InChI is InChI=1S/C20H27N3O2/c1-21-18(24)23-7-6-20-11-19(12-22(2)17(19)16(20)10-23)9-13-4-5-14(25-3)8-15(13)20/h4-5,8,16-17H,6-7,9-12H2,1-3H3,(H,21,24)/t16-,17-,19?,20-/m0/s1. The highest BCUT2D eigenvalue weighted by atomic mass is 16.5. The van der Waals surface area contributed by atoms with Gasteiger partial charge in [0.15, 0.2) is 0 Å². The minimum Gasteiger partial charge on any atom is -0.497 e. The van der Waals surface area contributed by atoms with E-state index in [2.05, 4.69) is 35.5 Å². The molecule has 2 bridgehead atoms. The van der Waals surface area contributed by atoms with Gasteiger partial charge < -0.3 is 19.9 Å². The number of rotatable bonds is 1. The molecule has 5 rings (SSSR count). The Kier molecular flexibility index (Phi) is 3.04. The average Bonchev–Trinajstić information content (AvgIpc) is 2.81. The third kappa shape index (κ3) is 1.80. The van der Waals surface area contributed by atoms with E-state index in [-0.39, 0.29) is 11.4 Å². The molecule has 2 spiro atoms. The first-order chi connectivity index (χ1) is 12.0. The van der Waals surface area contributed by atoms with E-state index in [1.807, 2.05) is 4.90 Å². The van der Waals surface area contributed by atoms with Gasteiger partial charge in [-0.15, -0.1) is 0 Å². The number of fused-ring (bicyclic) bond motifs is 2. The van der Waals surface area contributed by atoms with Crippen molar-refractivity contribution in [2.75, 3.05) is 40.8 Å². The highest BCUT2D eigenvalue weighted by Crippen LogP contribution is 2.68. The molecular weight excluding hydrogens is 314 g/mol. The Morgan fingerprint density at radius 1 is 1.40 bits per heavy atom. The Morgan fingerprint density at radius 3 is 2.96 bits per heavy atom. The summed E-state index contributed by atoms with van der Waals surface area (Å²) >= 11 is 0. The maximum absolute atomic E-state index is 12.3. The molecule has 1 unspecified atom stereocenters. The summed E-state index contributed by atoms with van der Waals surface area (Å²) in [5.41, 5.74) is 3.64. The van der Waals surface area contributed by atoms with Crippen LogP contribution in [0.5, 0.6) is 5.75 Å². The highest BCUT2D eigenvalue weighted by Gasteiger charge is 2.70. The number of hydrogen-bond acceptors (Lipinski definition) is 3. The maximum atomic E-state index is 12.3. The Hall–Kier alpha value is -1.75. The zero-order valence-corrected chi connectivity index (χ0v) is 15.3. The van der Waals surface area contributed by atoms with Gasteiger partial charge in [0.2, 0.25) is 0 Å². The van der Waals surface area contributed by atoms with Gasteiger partial charge in [0.1, 0.15) is 5.75 Å². The van der Waals surface area contributed by atoms with E-state index in [4.69, 9.17) is 4.74 Å². The second-order valence-electron chi connectivity index (χ2n) is 8.61. The molecule has 4 aliphatic rings. The van der Waals surface area contributed by atoms with E-state index >= 15 is 0 Å². The fourth-order valence-corrected chi connectivity index (χ4v) is 6.89. The molecule has 2 saturated heterocycles. The molecular formula is C20H27N3O2. The van der Waals surface area contributed by atoms with Crippen LogP contribution in [0.3, 0.4) is 0 Å². The molecule has 1 aromatic rings. The Balaban J connectivity index is 1.62. The lowest BCUT2D eigenvalue weighted by molar-refractivity contribution is -0.0541. The second kappa shape index (κ2) is 4.91. The molecule has 0 aromatic heterocycles. The van der Waals surface area contributed by atoms with Crippen molar-refractivity contribution in [1.82, 2.24) is 15.1 Å². The number of carbonyl (C=O) groups excluding carboxylic acids is 1. The van der Waals surface area contributed by atoms with Gasteiger partial charge in [0.25, 0.3) is 0 Å². The minimum atomic E-state index is 0.0678. The third-order valence-electron chi connectivity index (χ3n) is 7.57. The summed E-state index contributed by atoms with van der Waals surface area (Å²) in [4.78, 5) is 16.8. The molecule has 4 atom stereocenters. The predicted octanol–water partition coefficient (Wildman–Crippen LogP) is 1.85. The topological polar surface area (TPSA) is 44.8 Å². The van der Waals surface area contributed by atoms with Crippen molar-refractivity contribution in [3.63, 3.8) is 0 Å². The number of piperidine rings is 1. The van der Waals surface area contributed by atoms with Crippen molar-refractivity contribution in [1.29, 1.82) is 0 Å². The number of ether oxygens (including phenoxy) is 1. The summed E-state index contributed by atoms with van der Waals surface area (Å²) in [7, 11) is 5.74. The first-order valence-electron chi connectivity index (χ1n) is 9.37. The molecule has 2 heterocycles. The monoisotopic (exact) mass is 341 g/mol. The lowest BCUT2D eigenvalue weighted by Gasteiger charge is -2.55. The van der Waals surface area contributed by atoms with Crippen molar-refractivity contribution in [3.05, 3.63) is 29.3 Å². The summed E-state index contributed by atoms with van der Waals surface area (Å²) in [6.45, 7) is 2.91. The van der Waals surface area contributed by atoms with Crippen LogP contribution in [0.4, 0.5) is 4.79 Å². The Bertz CT molecular complexity index is 750. The molecule has 2 aliphatic carbocycles. The normalized spacial score (nSPS) is 38.3. The van der Waals surface area contributed by atoms with E-state index in [0.717, 1.165) is 25.3 Å². The first kappa shape index (κ1) is 15.5. The largest absolute Gasteiger partial charge is 0.497 e. The fourth-order valence-electron chi connectivity index (χ4n) is 6.89. The van der Waals surface area contributed by atoms with Gasteiger partial charge in [0.05, 0.1) is 7.11 Å². The highest BCUT2D eigenvalue weighted by molar-refractivity contribution is 5.74. The summed E-state index contributed by atoms with van der Waals surface area (Å²) in [6, 6.07) is 7.36. The summed E-state index contributed by atoms with van der Waals surface area (Å²) < 4.78 is 5.54. The Labute approximate surface area is 149 Å². The molecule has 25 heavy (non-hydrogen) atoms. The number of amides is 2. The number of nitrogens with zero attached hydrogens (tertiary/aromatic N) is 2.